The Labute approximate surface area is 209 Å². The molecule has 0 fully saturated rings. The Morgan fingerprint density at radius 1 is 0.556 bits per heavy atom. The van der Waals surface area contributed by atoms with Crippen LogP contribution in [0, 0.1) is 13.8 Å². The molecule has 4 aromatic carbocycles. The van der Waals surface area contributed by atoms with Gasteiger partial charge in [0.15, 0.2) is 0 Å². The predicted octanol–water partition coefficient (Wildman–Crippen LogP) is 3.84. The molecule has 1 aliphatic carbocycles. The summed E-state index contributed by atoms with van der Waals surface area (Å²) < 4.78 is 51.5. The van der Waals surface area contributed by atoms with E-state index in [9.17, 15) is 16.8 Å². The molecule has 0 bridgehead atoms. The number of hydrazone groups is 2. The van der Waals surface area contributed by atoms with Gasteiger partial charge in [0.05, 0.1) is 9.79 Å². The summed E-state index contributed by atoms with van der Waals surface area (Å²) in [5.41, 5.74) is 3.56. The molecule has 8 nitrogen and oxygen atoms in total. The minimum absolute atomic E-state index is 0.0599. The van der Waals surface area contributed by atoms with Crippen molar-refractivity contribution in [2.45, 2.75) is 23.6 Å². The Balaban J connectivity index is 1.58. The lowest BCUT2D eigenvalue weighted by molar-refractivity contribution is 0.582. The number of aryl methyl sites for hydroxylation is 2. The maximum absolute atomic E-state index is 12.9. The van der Waals surface area contributed by atoms with Crippen LogP contribution in [0.2, 0.25) is 0 Å². The number of benzene rings is 4. The molecule has 0 aliphatic heterocycles. The maximum Gasteiger partial charge on any atom is 0.276 e. The minimum atomic E-state index is -3.97. The summed E-state index contributed by atoms with van der Waals surface area (Å²) in [4.78, 5) is 4.68. The van der Waals surface area contributed by atoms with Crippen molar-refractivity contribution in [3.8, 4) is 0 Å². The third-order valence-corrected chi connectivity index (χ3v) is 8.31. The zero-order valence-electron chi connectivity index (χ0n) is 19.4. The first kappa shape index (κ1) is 23.7. The van der Waals surface area contributed by atoms with Gasteiger partial charge in [-0.3, -0.25) is 0 Å². The van der Waals surface area contributed by atoms with Crippen LogP contribution in [0.25, 0.3) is 10.8 Å². The molecule has 0 atom stereocenters. The number of nitrogens with one attached hydrogen (secondary N) is 2. The van der Waals surface area contributed by atoms with Gasteiger partial charge >= 0.3 is 0 Å². The minimum Gasteiger partial charge on any atom is -0.200 e. The van der Waals surface area contributed by atoms with Gasteiger partial charge in [-0.2, -0.15) is 36.7 Å². The van der Waals surface area contributed by atoms with E-state index >= 15 is 0 Å². The van der Waals surface area contributed by atoms with E-state index in [1.54, 1.807) is 36.4 Å². The van der Waals surface area contributed by atoms with Crippen LogP contribution in [0.1, 0.15) is 22.3 Å². The second-order valence-electron chi connectivity index (χ2n) is 8.45. The summed E-state index contributed by atoms with van der Waals surface area (Å²) in [6, 6.07) is 23.8. The molecule has 182 valence electrons. The van der Waals surface area contributed by atoms with Crippen molar-refractivity contribution in [2.24, 2.45) is 10.2 Å². The van der Waals surface area contributed by atoms with Crippen molar-refractivity contribution in [2.75, 3.05) is 0 Å². The van der Waals surface area contributed by atoms with Gasteiger partial charge in [-0.1, -0.05) is 71.8 Å². The van der Waals surface area contributed by atoms with Crippen molar-refractivity contribution in [1.82, 2.24) is 9.66 Å². The van der Waals surface area contributed by atoms with Gasteiger partial charge < -0.3 is 0 Å². The molecule has 0 spiro atoms. The van der Waals surface area contributed by atoms with E-state index in [4.69, 9.17) is 0 Å². The summed E-state index contributed by atoms with van der Waals surface area (Å²) in [6.45, 7) is 3.72. The molecule has 4 aromatic rings. The first-order valence-electron chi connectivity index (χ1n) is 11.0. The van der Waals surface area contributed by atoms with Crippen molar-refractivity contribution in [3.63, 3.8) is 0 Å². The topological polar surface area (TPSA) is 117 Å². The van der Waals surface area contributed by atoms with Gasteiger partial charge in [0.2, 0.25) is 0 Å². The van der Waals surface area contributed by atoms with E-state index in [-0.39, 0.29) is 21.2 Å². The average molecular weight is 519 g/mol. The fourth-order valence-electron chi connectivity index (χ4n) is 3.97. The van der Waals surface area contributed by atoms with Crippen LogP contribution in [0.4, 0.5) is 0 Å². The second-order valence-corrected chi connectivity index (χ2v) is 11.8. The Bertz CT molecular complexity index is 1630. The number of hydrogen-bond acceptors (Lipinski definition) is 6. The van der Waals surface area contributed by atoms with E-state index < -0.39 is 20.0 Å². The summed E-state index contributed by atoms with van der Waals surface area (Å²) >= 11 is 0. The highest BCUT2D eigenvalue weighted by atomic mass is 32.2. The Morgan fingerprint density at radius 3 is 1.33 bits per heavy atom. The molecule has 0 amide bonds. The molecule has 2 N–H and O–H groups in total. The molecule has 36 heavy (non-hydrogen) atoms. The van der Waals surface area contributed by atoms with Crippen LogP contribution in [0.3, 0.4) is 0 Å². The zero-order chi connectivity index (χ0) is 25.5. The van der Waals surface area contributed by atoms with Crippen LogP contribution in [0.15, 0.2) is 105 Å². The molecular formula is C26H22N4O4S2. The lowest BCUT2D eigenvalue weighted by Gasteiger charge is -2.08. The van der Waals surface area contributed by atoms with Crippen LogP contribution in [-0.2, 0) is 20.0 Å². The van der Waals surface area contributed by atoms with E-state index in [1.807, 2.05) is 38.1 Å². The molecule has 1 aliphatic rings. The van der Waals surface area contributed by atoms with E-state index in [0.29, 0.717) is 11.1 Å². The maximum atomic E-state index is 12.9. The number of sulfonamides is 2. The highest BCUT2D eigenvalue weighted by molar-refractivity contribution is 7.89. The molecule has 0 aromatic heterocycles. The number of hydrogen-bond donors (Lipinski definition) is 2. The van der Waals surface area contributed by atoms with Crippen molar-refractivity contribution >= 4 is 42.2 Å². The van der Waals surface area contributed by atoms with E-state index in [0.717, 1.165) is 21.9 Å². The van der Waals surface area contributed by atoms with Crippen LogP contribution in [-0.4, -0.2) is 28.3 Å². The Kier molecular flexibility index (Phi) is 5.85. The van der Waals surface area contributed by atoms with Crippen LogP contribution in [0.5, 0.6) is 0 Å². The standard InChI is InChI=1S/C26H22N4O4S2/c1-17-9-13-20(14-10-17)35(31,32)29-27-25-22-7-3-5-19-6-4-8-23(24(19)22)26(25)28-30-36(33,34)21-15-11-18(2)12-16-21/h3-16,29-30H,1-2H3/b27-25+,28-26+. The SMILES string of the molecule is Cc1ccc(S(=O)(=O)N/N=C2/C(=N/NS(=O)(=O)c3ccc(C)cc3)c3cccc4cccc2c34)cc1. The normalized spacial score (nSPS) is 15.5. The molecule has 0 radical (unpaired) electrons. The smallest absolute Gasteiger partial charge is 0.200 e. The highest BCUT2D eigenvalue weighted by Gasteiger charge is 2.29. The molecular weight excluding hydrogens is 496 g/mol. The predicted molar refractivity (Wildman–Crippen MR) is 140 cm³/mol. The van der Waals surface area contributed by atoms with Gasteiger partial charge in [-0.25, -0.2) is 0 Å². The largest absolute Gasteiger partial charge is 0.276 e. The zero-order valence-corrected chi connectivity index (χ0v) is 21.1. The number of nitrogens with zero attached hydrogens (tertiary/aromatic N) is 2. The van der Waals surface area contributed by atoms with E-state index in [1.165, 1.54) is 24.3 Å². The number of rotatable bonds is 6. The van der Waals surface area contributed by atoms with E-state index in [2.05, 4.69) is 19.9 Å². The average Bonchev–Trinajstić information content (AvgIpc) is 3.16. The lowest BCUT2D eigenvalue weighted by atomic mass is 10.1. The molecule has 0 saturated carbocycles. The molecule has 0 heterocycles. The third kappa shape index (κ3) is 4.36. The van der Waals surface area contributed by atoms with Gasteiger partial charge in [0, 0.05) is 16.5 Å². The molecule has 10 heteroatoms. The fourth-order valence-corrected chi connectivity index (χ4v) is 5.59. The van der Waals surface area contributed by atoms with Gasteiger partial charge in [0.25, 0.3) is 20.0 Å². The molecule has 0 saturated heterocycles. The fraction of sp³-hybridized carbons (Fsp3) is 0.0769. The summed E-state index contributed by atoms with van der Waals surface area (Å²) in [6.07, 6.45) is 0. The molecule has 0 unspecified atom stereocenters. The quantitative estimate of drug-likeness (QED) is 0.377. The van der Waals surface area contributed by atoms with Gasteiger partial charge in [-0.05, 0) is 43.5 Å². The summed E-state index contributed by atoms with van der Waals surface area (Å²) in [5, 5.41) is 10.1. The lowest BCUT2D eigenvalue weighted by Crippen LogP contribution is -2.26. The third-order valence-electron chi connectivity index (χ3n) is 5.86. The van der Waals surface area contributed by atoms with Crippen LogP contribution >= 0.6 is 0 Å². The summed E-state index contributed by atoms with van der Waals surface area (Å²) in [5.74, 6) is 0. The van der Waals surface area contributed by atoms with Gasteiger partial charge in [-0.15, -0.1) is 0 Å². The van der Waals surface area contributed by atoms with Crippen molar-refractivity contribution in [1.29, 1.82) is 0 Å². The second kappa shape index (κ2) is 8.89. The molecule has 5 rings (SSSR count). The Hall–Kier alpha value is -4.02. The van der Waals surface area contributed by atoms with Crippen molar-refractivity contribution in [3.05, 3.63) is 107 Å². The first-order valence-corrected chi connectivity index (χ1v) is 14.0. The van der Waals surface area contributed by atoms with Gasteiger partial charge in [0.1, 0.15) is 11.4 Å². The Morgan fingerprint density at radius 2 is 0.944 bits per heavy atom. The summed E-state index contributed by atoms with van der Waals surface area (Å²) in [7, 11) is -7.93. The monoisotopic (exact) mass is 518 g/mol. The first-order chi connectivity index (χ1) is 17.2. The van der Waals surface area contributed by atoms with Crippen LogP contribution < -0.4 is 9.66 Å². The van der Waals surface area contributed by atoms with Crippen molar-refractivity contribution < 1.29 is 16.8 Å². The highest BCUT2D eigenvalue weighted by Crippen LogP contribution is 2.31.